The first-order chi connectivity index (χ1) is 14.4. The Balaban J connectivity index is 1.37. The number of carbonyl (C=O) groups is 1. The largest absolute Gasteiger partial charge is 0.379 e. The Bertz CT molecular complexity index is 931. The summed E-state index contributed by atoms with van der Waals surface area (Å²) in [6, 6.07) is 1.81. The number of morpholine rings is 1. The molecule has 4 rings (SSSR count). The second-order valence-corrected chi connectivity index (χ2v) is 8.36. The summed E-state index contributed by atoms with van der Waals surface area (Å²) in [7, 11) is 1.68. The molecule has 0 spiro atoms. The highest BCUT2D eigenvalue weighted by atomic mass is 16.5. The van der Waals surface area contributed by atoms with Crippen LogP contribution in [0, 0.1) is 0 Å². The van der Waals surface area contributed by atoms with Crippen LogP contribution in [0.25, 0.3) is 0 Å². The Morgan fingerprint density at radius 1 is 1.20 bits per heavy atom. The SMILES string of the molecule is CC(C)n1c(C2CCN(C(=O)c3cc(CN4CCOCC4)on3)CC2)nn(C)c1=O. The molecule has 2 aromatic rings. The van der Waals surface area contributed by atoms with Crippen LogP contribution in [0.3, 0.4) is 0 Å². The molecule has 10 heteroatoms. The van der Waals surface area contributed by atoms with E-state index >= 15 is 0 Å². The van der Waals surface area contributed by atoms with E-state index in [-0.39, 0.29) is 23.6 Å². The predicted octanol–water partition coefficient (Wildman–Crippen LogP) is 1.00. The Morgan fingerprint density at radius 2 is 1.90 bits per heavy atom. The number of nitrogens with zero attached hydrogens (tertiary/aromatic N) is 6. The molecule has 2 fully saturated rings. The van der Waals surface area contributed by atoms with Gasteiger partial charge in [0.15, 0.2) is 11.5 Å². The first-order valence-electron chi connectivity index (χ1n) is 10.6. The molecule has 0 saturated carbocycles. The smallest absolute Gasteiger partial charge is 0.345 e. The van der Waals surface area contributed by atoms with Gasteiger partial charge in [-0.3, -0.25) is 14.3 Å². The Kier molecular flexibility index (Phi) is 6.05. The fourth-order valence-electron chi connectivity index (χ4n) is 4.23. The van der Waals surface area contributed by atoms with E-state index in [2.05, 4.69) is 15.2 Å². The molecule has 0 aliphatic carbocycles. The van der Waals surface area contributed by atoms with Gasteiger partial charge >= 0.3 is 5.69 Å². The molecule has 2 aromatic heterocycles. The maximum atomic E-state index is 12.9. The Labute approximate surface area is 175 Å². The summed E-state index contributed by atoms with van der Waals surface area (Å²) >= 11 is 0. The monoisotopic (exact) mass is 418 g/mol. The van der Waals surface area contributed by atoms with E-state index in [0.717, 1.165) is 45.0 Å². The van der Waals surface area contributed by atoms with E-state index in [0.29, 0.717) is 31.1 Å². The third kappa shape index (κ3) is 4.20. The van der Waals surface area contributed by atoms with Gasteiger partial charge in [-0.1, -0.05) is 5.16 Å². The van der Waals surface area contributed by atoms with E-state index in [4.69, 9.17) is 9.26 Å². The van der Waals surface area contributed by atoms with Gasteiger partial charge in [0, 0.05) is 51.3 Å². The van der Waals surface area contributed by atoms with Crippen LogP contribution in [0.15, 0.2) is 15.4 Å². The molecule has 0 bridgehead atoms. The van der Waals surface area contributed by atoms with Crippen LogP contribution in [-0.2, 0) is 18.3 Å². The van der Waals surface area contributed by atoms with Gasteiger partial charge in [0.1, 0.15) is 5.82 Å². The first-order valence-corrected chi connectivity index (χ1v) is 10.6. The molecule has 0 radical (unpaired) electrons. The average Bonchev–Trinajstić information content (AvgIpc) is 3.33. The molecule has 2 aliphatic rings. The lowest BCUT2D eigenvalue weighted by molar-refractivity contribution is 0.0305. The lowest BCUT2D eigenvalue weighted by atomic mass is 9.95. The van der Waals surface area contributed by atoms with Crippen molar-refractivity contribution in [2.24, 2.45) is 7.05 Å². The molecule has 2 saturated heterocycles. The van der Waals surface area contributed by atoms with Crippen LogP contribution in [0.2, 0.25) is 0 Å². The fourth-order valence-corrected chi connectivity index (χ4v) is 4.23. The number of hydrogen-bond donors (Lipinski definition) is 0. The predicted molar refractivity (Wildman–Crippen MR) is 108 cm³/mol. The molecular weight excluding hydrogens is 388 g/mol. The highest BCUT2D eigenvalue weighted by Gasteiger charge is 2.30. The number of rotatable bonds is 5. The van der Waals surface area contributed by atoms with Gasteiger partial charge in [0.2, 0.25) is 0 Å². The van der Waals surface area contributed by atoms with Gasteiger partial charge in [-0.2, -0.15) is 5.10 Å². The van der Waals surface area contributed by atoms with Gasteiger partial charge in [-0.25, -0.2) is 9.48 Å². The minimum Gasteiger partial charge on any atom is -0.379 e. The van der Waals surface area contributed by atoms with Gasteiger partial charge in [0.05, 0.1) is 19.8 Å². The van der Waals surface area contributed by atoms with Crippen molar-refractivity contribution in [3.8, 4) is 0 Å². The highest BCUT2D eigenvalue weighted by molar-refractivity contribution is 5.92. The fraction of sp³-hybridized carbons (Fsp3) is 0.700. The van der Waals surface area contributed by atoms with Crippen molar-refractivity contribution in [2.45, 2.75) is 45.2 Å². The molecule has 4 heterocycles. The van der Waals surface area contributed by atoms with Crippen molar-refractivity contribution < 1.29 is 14.1 Å². The van der Waals surface area contributed by atoms with Crippen LogP contribution in [0.4, 0.5) is 0 Å². The van der Waals surface area contributed by atoms with Crippen molar-refractivity contribution in [1.82, 2.24) is 29.3 Å². The van der Waals surface area contributed by atoms with Crippen molar-refractivity contribution in [2.75, 3.05) is 39.4 Å². The number of aryl methyl sites for hydroxylation is 1. The van der Waals surface area contributed by atoms with Crippen LogP contribution in [-0.4, -0.2) is 74.6 Å². The van der Waals surface area contributed by atoms with Crippen LogP contribution in [0.1, 0.15) is 60.7 Å². The van der Waals surface area contributed by atoms with Crippen LogP contribution >= 0.6 is 0 Å². The van der Waals surface area contributed by atoms with Gasteiger partial charge in [-0.15, -0.1) is 0 Å². The number of likely N-dealkylation sites (tertiary alicyclic amines) is 1. The molecule has 30 heavy (non-hydrogen) atoms. The summed E-state index contributed by atoms with van der Waals surface area (Å²) in [5, 5.41) is 8.47. The maximum Gasteiger partial charge on any atom is 0.345 e. The van der Waals surface area contributed by atoms with Gasteiger partial charge < -0.3 is 14.2 Å². The quantitative estimate of drug-likeness (QED) is 0.714. The normalized spacial score (nSPS) is 19.0. The van der Waals surface area contributed by atoms with E-state index < -0.39 is 0 Å². The van der Waals surface area contributed by atoms with E-state index in [1.807, 2.05) is 18.7 Å². The minimum atomic E-state index is -0.104. The lowest BCUT2D eigenvalue weighted by Crippen LogP contribution is -2.39. The summed E-state index contributed by atoms with van der Waals surface area (Å²) in [6.07, 6.45) is 1.54. The maximum absolute atomic E-state index is 12.9. The molecule has 1 amide bonds. The Hall–Kier alpha value is -2.46. The van der Waals surface area contributed by atoms with E-state index in [1.54, 1.807) is 17.7 Å². The second kappa shape index (κ2) is 8.73. The zero-order valence-corrected chi connectivity index (χ0v) is 17.9. The van der Waals surface area contributed by atoms with Crippen LogP contribution < -0.4 is 5.69 Å². The third-order valence-corrected chi connectivity index (χ3v) is 5.91. The van der Waals surface area contributed by atoms with E-state index in [9.17, 15) is 9.59 Å². The number of ether oxygens (including phenoxy) is 1. The van der Waals surface area contributed by atoms with Gasteiger partial charge in [0.25, 0.3) is 5.91 Å². The zero-order chi connectivity index (χ0) is 21.3. The van der Waals surface area contributed by atoms with Crippen molar-refractivity contribution in [3.05, 3.63) is 33.8 Å². The molecule has 10 nitrogen and oxygen atoms in total. The topological polar surface area (TPSA) is 98.6 Å². The molecular formula is C20H30N6O4. The first kappa shape index (κ1) is 20.8. The summed E-state index contributed by atoms with van der Waals surface area (Å²) in [4.78, 5) is 29.3. The summed E-state index contributed by atoms with van der Waals surface area (Å²) in [5.41, 5.74) is 0.266. The standard InChI is InChI=1S/C20H30N6O4/c1-14(2)26-18(21-23(3)20(26)28)15-4-6-25(7-5-15)19(27)17-12-16(30-22-17)13-24-8-10-29-11-9-24/h12,14-15H,4-11,13H2,1-3H3. The molecule has 0 aromatic carbocycles. The second-order valence-electron chi connectivity index (χ2n) is 8.36. The molecule has 0 atom stereocenters. The average molecular weight is 418 g/mol. The number of hydrogen-bond acceptors (Lipinski definition) is 7. The van der Waals surface area contributed by atoms with Gasteiger partial charge in [-0.05, 0) is 26.7 Å². The summed E-state index contributed by atoms with van der Waals surface area (Å²) < 4.78 is 13.9. The third-order valence-electron chi connectivity index (χ3n) is 5.91. The number of aromatic nitrogens is 4. The minimum absolute atomic E-state index is 0.0564. The molecule has 164 valence electrons. The van der Waals surface area contributed by atoms with Crippen molar-refractivity contribution >= 4 is 5.91 Å². The molecule has 0 unspecified atom stereocenters. The summed E-state index contributed by atoms with van der Waals surface area (Å²) in [5.74, 6) is 1.58. The van der Waals surface area contributed by atoms with Crippen LogP contribution in [0.5, 0.6) is 0 Å². The highest BCUT2D eigenvalue weighted by Crippen LogP contribution is 2.28. The Morgan fingerprint density at radius 3 is 2.57 bits per heavy atom. The zero-order valence-electron chi connectivity index (χ0n) is 17.9. The van der Waals surface area contributed by atoms with E-state index in [1.165, 1.54) is 4.68 Å². The van der Waals surface area contributed by atoms with Crippen molar-refractivity contribution in [3.63, 3.8) is 0 Å². The molecule has 0 N–H and O–H groups in total. The summed E-state index contributed by atoms with van der Waals surface area (Å²) in [6.45, 7) is 8.98. The number of piperidine rings is 1. The number of carbonyl (C=O) groups excluding carboxylic acids is 1. The number of amides is 1. The lowest BCUT2D eigenvalue weighted by Gasteiger charge is -2.31. The molecule has 2 aliphatic heterocycles. The van der Waals surface area contributed by atoms with Crippen molar-refractivity contribution in [1.29, 1.82) is 0 Å².